The number of nitriles is 1. The van der Waals surface area contributed by atoms with E-state index in [0.717, 1.165) is 19.3 Å². The number of esters is 6. The third-order valence-electron chi connectivity index (χ3n) is 13.1. The van der Waals surface area contributed by atoms with Gasteiger partial charge in [-0.15, -0.1) is 0 Å². The summed E-state index contributed by atoms with van der Waals surface area (Å²) in [6, 6.07) is 2.01. The third-order valence-corrected chi connectivity index (χ3v) is 13.1. The monoisotopic (exact) mass is 1540 g/mol. The lowest BCUT2D eigenvalue weighted by molar-refractivity contribution is -0.167. The van der Waals surface area contributed by atoms with Gasteiger partial charge in [0.15, 0.2) is 0 Å². The number of carboxylic acid groups (broad SMARTS) is 4. The Labute approximate surface area is 625 Å². The van der Waals surface area contributed by atoms with E-state index in [0.29, 0.717) is 108 Å². The van der Waals surface area contributed by atoms with Crippen molar-refractivity contribution in [3.05, 3.63) is 11.4 Å². The predicted octanol–water partition coefficient (Wildman–Crippen LogP) is 10.8. The highest BCUT2D eigenvalue weighted by Crippen LogP contribution is 2.15. The maximum atomic E-state index is 11.6. The van der Waals surface area contributed by atoms with Crippen molar-refractivity contribution in [2.24, 2.45) is 53.3 Å². The zero-order chi connectivity index (χ0) is 82.1. The molecule has 0 aromatic carbocycles. The standard InChI is InChI=1S/2C13H25NO3.2C8H15NO3.C6H8N2.C6H10O4.C6H8O3.C5H12O.C4H6O3.CH4.Cl2OS/c1-10(2)8-9-17-12(15)7-6-11(3)13(16)14(4)5;1-10(2)8-9-17-13(16)11(3)6-7-12(15)14(4)5;1-6(4-5-7(10)11)8(12)9(2)3;1-6(8(11)12)4-5-7(10)9(2)3;1-6(8-2)4-3-5-7;1-4(6(9)10)2-3-5(7)8;1-4-2-3-5(7)9-6(4)8;1-5(2)3-4-6;1-3(5)7-4(2)6;;1-4(2)3/h2*10-11H,6-9H2,1-5H3;6H,4-5H2,1-3H3,(H,10,11);6H,4-5H2,1-3H3,(H,11,12);6H,3-4H2,1H3;4H,2-3H2,1H3,(H,7,8)(H,9,10);4H,2-3H2,1H3;5-6H,3-4H2,1-2H3;1-2H3;1H4;. The molecule has 4 amide bonds. The van der Waals surface area contributed by atoms with Gasteiger partial charge >= 0.3 is 59.7 Å². The van der Waals surface area contributed by atoms with E-state index in [1.54, 1.807) is 89.0 Å². The summed E-state index contributed by atoms with van der Waals surface area (Å²) in [5.74, 6) is -5.72. The quantitative estimate of drug-likeness (QED) is 0.0147. The van der Waals surface area contributed by atoms with Crippen LogP contribution in [0.25, 0.3) is 4.85 Å². The molecule has 7 unspecified atom stereocenters. The minimum Gasteiger partial charge on any atom is -0.481 e. The lowest BCUT2D eigenvalue weighted by Crippen LogP contribution is -2.28. The molecule has 5 N–H and O–H groups in total. The topological polar surface area (TPSA) is 435 Å². The van der Waals surface area contributed by atoms with Crippen molar-refractivity contribution >= 4 is 114 Å². The minimum absolute atomic E-state index is 0. The maximum Gasteiger partial charge on any atom is 0.316 e. The molecular weight excluding hydrogens is 1410 g/mol. The number of aliphatic carboxylic acids is 4. The number of ether oxygens (including phenoxy) is 4. The van der Waals surface area contributed by atoms with E-state index < -0.39 is 62.8 Å². The average molecular weight is 1540 g/mol. The SMILES string of the molecule is C.CC(=O)OC(C)=O.CC(C)CCO.CC(C)CCOC(=O)C(C)CCC(=O)N(C)C.CC(C)CCOC(=O)CCC(C)C(=O)N(C)C.CC(CCC(=O)N(C)C)C(=O)O.CC(CCC(=O)O)C(=O)N(C)C.CC(CCC(=O)O)C(=O)O.CC1CCC(=O)OC1=O.O=S(Cl)Cl.[C-]#[N+]C(C)CCC#N. The van der Waals surface area contributed by atoms with Crippen LogP contribution in [0.3, 0.4) is 0 Å². The molecule has 1 fully saturated rings. The average Bonchev–Trinajstić information content (AvgIpc) is 0.806. The van der Waals surface area contributed by atoms with Crippen LogP contribution >= 0.6 is 21.4 Å². The van der Waals surface area contributed by atoms with Gasteiger partial charge in [0.05, 0.1) is 43.0 Å². The minimum atomic E-state index is -1.67. The van der Waals surface area contributed by atoms with Crippen LogP contribution in [0.15, 0.2) is 0 Å². The van der Waals surface area contributed by atoms with Gasteiger partial charge in [0.25, 0.3) is 0 Å². The molecule has 0 saturated carbocycles. The largest absolute Gasteiger partial charge is 0.481 e. The number of amides is 4. The summed E-state index contributed by atoms with van der Waals surface area (Å²) in [5.41, 5.74) is 0. The Hall–Kier alpha value is -7.35. The number of rotatable bonds is 30. The molecule has 103 heavy (non-hydrogen) atoms. The summed E-state index contributed by atoms with van der Waals surface area (Å²) >= 11 is 0. The molecule has 0 spiro atoms. The fraction of sp³-hybridized carbons (Fsp3) is 0.771. The summed E-state index contributed by atoms with van der Waals surface area (Å²) in [6.07, 6.45) is 8.06. The Morgan fingerprint density at radius 3 is 1.17 bits per heavy atom. The van der Waals surface area contributed by atoms with Crippen molar-refractivity contribution in [2.75, 3.05) is 76.2 Å². The Balaban J connectivity index is -0.000000119. The molecule has 1 aliphatic rings. The molecule has 602 valence electrons. The first-order valence-corrected chi connectivity index (χ1v) is 36.1. The fourth-order valence-electron chi connectivity index (χ4n) is 6.17. The van der Waals surface area contributed by atoms with Crippen LogP contribution in [0.5, 0.6) is 0 Å². The van der Waals surface area contributed by atoms with E-state index in [2.05, 4.69) is 77.2 Å². The van der Waals surface area contributed by atoms with Gasteiger partial charge in [0.1, 0.15) is 0 Å². The van der Waals surface area contributed by atoms with Gasteiger partial charge in [0, 0.05) is 168 Å². The lowest BCUT2D eigenvalue weighted by atomic mass is 10.0. The number of aliphatic hydroxyl groups is 1. The Bertz CT molecular complexity index is 2510. The van der Waals surface area contributed by atoms with Crippen molar-refractivity contribution < 1.29 is 116 Å². The number of nitrogens with zero attached hydrogens (tertiary/aromatic N) is 6. The van der Waals surface area contributed by atoms with Crippen LogP contribution in [-0.2, 0) is 95.3 Å². The number of cyclic esters (lactones) is 2. The van der Waals surface area contributed by atoms with E-state index in [9.17, 15) is 67.1 Å². The fourth-order valence-corrected chi connectivity index (χ4v) is 6.17. The van der Waals surface area contributed by atoms with Gasteiger partial charge < -0.3 is 68.9 Å². The molecule has 0 aliphatic carbocycles. The summed E-state index contributed by atoms with van der Waals surface area (Å²) in [4.78, 5) is 158. The summed E-state index contributed by atoms with van der Waals surface area (Å²) in [6.45, 7) is 34.8. The third kappa shape index (κ3) is 96.7. The van der Waals surface area contributed by atoms with Gasteiger partial charge in [-0.3, -0.25) is 67.1 Å². The van der Waals surface area contributed by atoms with Gasteiger partial charge in [-0.1, -0.05) is 90.5 Å². The van der Waals surface area contributed by atoms with Crippen LogP contribution in [0.4, 0.5) is 0 Å². The second kappa shape index (κ2) is 74.4. The molecule has 1 aliphatic heterocycles. The number of carboxylic acids is 4. The number of carbonyl (C=O) groups is 14. The molecule has 1 rings (SSSR count). The van der Waals surface area contributed by atoms with Crippen LogP contribution in [-0.4, -0.2) is 215 Å². The van der Waals surface area contributed by atoms with Crippen LogP contribution < -0.4 is 0 Å². The van der Waals surface area contributed by atoms with Crippen molar-refractivity contribution in [2.45, 2.75) is 226 Å². The molecule has 30 nitrogen and oxygen atoms in total. The molecule has 0 aromatic rings. The Kier molecular flexibility index (Phi) is 84.3. The van der Waals surface area contributed by atoms with Crippen LogP contribution in [0, 0.1) is 71.2 Å². The van der Waals surface area contributed by atoms with Crippen molar-refractivity contribution in [3.63, 3.8) is 0 Å². The molecule has 0 bridgehead atoms. The number of aliphatic hydroxyl groups excluding tert-OH is 1. The molecule has 0 aromatic heterocycles. The molecule has 0 radical (unpaired) electrons. The Morgan fingerprint density at radius 1 is 0.563 bits per heavy atom. The molecule has 1 heterocycles. The van der Waals surface area contributed by atoms with Crippen LogP contribution in [0.2, 0.25) is 0 Å². The van der Waals surface area contributed by atoms with Crippen molar-refractivity contribution in [3.8, 4) is 6.07 Å². The maximum absolute atomic E-state index is 11.6. The normalized spacial score (nSPS) is 12.9. The van der Waals surface area contributed by atoms with Crippen LogP contribution in [0.1, 0.15) is 220 Å². The zero-order valence-corrected chi connectivity index (χ0v) is 67.1. The van der Waals surface area contributed by atoms with Gasteiger partial charge in [0.2, 0.25) is 38.9 Å². The predicted molar refractivity (Wildman–Crippen MR) is 394 cm³/mol. The molecule has 7 atom stereocenters. The van der Waals surface area contributed by atoms with E-state index >= 15 is 0 Å². The Morgan fingerprint density at radius 2 is 0.903 bits per heavy atom. The first kappa shape index (κ1) is 117. The lowest BCUT2D eigenvalue weighted by Gasteiger charge is -2.16. The molecule has 1 saturated heterocycles. The summed E-state index contributed by atoms with van der Waals surface area (Å²) in [7, 11) is 20.9. The van der Waals surface area contributed by atoms with Gasteiger partial charge in [-0.2, -0.15) is 5.26 Å². The summed E-state index contributed by atoms with van der Waals surface area (Å²) < 4.78 is 27.6. The second-order valence-electron chi connectivity index (χ2n) is 25.5. The highest BCUT2D eigenvalue weighted by atomic mass is 36.0. The molecular formula is C70H128Cl2N6O24S. The number of hydrogen-bond donors (Lipinski definition) is 5. The van der Waals surface area contributed by atoms with Gasteiger partial charge in [-0.25, -0.2) is 10.8 Å². The highest BCUT2D eigenvalue weighted by molar-refractivity contribution is 8.26. The van der Waals surface area contributed by atoms with E-state index in [1.165, 1.54) is 35.5 Å². The van der Waals surface area contributed by atoms with Crippen molar-refractivity contribution in [1.29, 1.82) is 5.26 Å². The second-order valence-corrected chi connectivity index (χ2v) is 28.1. The first-order valence-electron chi connectivity index (χ1n) is 33.3. The summed E-state index contributed by atoms with van der Waals surface area (Å²) in [5, 5.41) is 49.6. The first-order chi connectivity index (χ1) is 46.7. The van der Waals surface area contributed by atoms with E-state index in [4.69, 9.17) is 51.0 Å². The van der Waals surface area contributed by atoms with E-state index in [-0.39, 0.29) is 97.9 Å². The highest BCUT2D eigenvalue weighted by Gasteiger charge is 2.25. The van der Waals surface area contributed by atoms with Crippen molar-refractivity contribution in [1.82, 2.24) is 19.6 Å². The number of hydrogen-bond acceptors (Lipinski definition) is 21. The van der Waals surface area contributed by atoms with Gasteiger partial charge in [-0.05, 0) is 75.5 Å². The number of halogens is 2. The van der Waals surface area contributed by atoms with E-state index in [1.807, 2.05) is 19.9 Å². The number of carbonyl (C=O) groups excluding carboxylic acids is 10. The zero-order valence-electron chi connectivity index (χ0n) is 64.8. The smallest absolute Gasteiger partial charge is 0.316 e. The molecule has 33 heteroatoms.